The Morgan fingerprint density at radius 3 is 2.76 bits per heavy atom. The summed E-state index contributed by atoms with van der Waals surface area (Å²) in [7, 11) is 0. The molecule has 0 radical (unpaired) electrons. The van der Waals surface area contributed by atoms with E-state index >= 15 is 0 Å². The van der Waals surface area contributed by atoms with Gasteiger partial charge in [0.25, 0.3) is 0 Å². The van der Waals surface area contributed by atoms with Crippen LogP contribution in [0.15, 0.2) is 30.7 Å². The molecular weight excluding hydrogens is 368 g/mol. The van der Waals surface area contributed by atoms with Crippen LogP contribution < -0.4 is 10.2 Å². The number of anilines is 1. The Morgan fingerprint density at radius 1 is 1.21 bits per heavy atom. The van der Waals surface area contributed by atoms with Crippen LogP contribution in [-0.4, -0.2) is 52.0 Å². The number of hydrogen-bond acceptors (Lipinski definition) is 6. The molecule has 0 bridgehead atoms. The van der Waals surface area contributed by atoms with Crippen LogP contribution in [0.2, 0.25) is 0 Å². The van der Waals surface area contributed by atoms with Crippen molar-refractivity contribution in [3.63, 3.8) is 0 Å². The lowest BCUT2D eigenvalue weighted by atomic mass is 10.0. The Hall–Kier alpha value is -3.00. The monoisotopic (exact) mass is 394 g/mol. The minimum absolute atomic E-state index is 0.0813. The quantitative estimate of drug-likeness (QED) is 0.714. The number of ether oxygens (including phenoxy) is 1. The number of carbonyl (C=O) groups excluding carboxylic acids is 1. The summed E-state index contributed by atoms with van der Waals surface area (Å²) < 4.78 is 7.05. The predicted octanol–water partition coefficient (Wildman–Crippen LogP) is 2.16. The molecule has 1 aromatic carbocycles. The largest absolute Gasteiger partial charge is 0.378 e. The third-order valence-corrected chi connectivity index (χ3v) is 5.43. The number of aryl methyl sites for hydroxylation is 2. The lowest BCUT2D eigenvalue weighted by Crippen LogP contribution is -2.36. The second kappa shape index (κ2) is 8.16. The van der Waals surface area contributed by atoms with Crippen molar-refractivity contribution in [3.8, 4) is 0 Å². The summed E-state index contributed by atoms with van der Waals surface area (Å²) in [5.41, 5.74) is 4.21. The Bertz CT molecular complexity index is 1030. The first-order valence-corrected chi connectivity index (χ1v) is 9.88. The van der Waals surface area contributed by atoms with Gasteiger partial charge in [0.1, 0.15) is 18.7 Å². The maximum atomic E-state index is 12.6. The van der Waals surface area contributed by atoms with Crippen molar-refractivity contribution in [1.82, 2.24) is 25.1 Å². The lowest BCUT2D eigenvalue weighted by Gasteiger charge is -2.27. The number of benzene rings is 1. The molecule has 2 aromatic heterocycles. The highest BCUT2D eigenvalue weighted by Crippen LogP contribution is 2.23. The molecule has 0 aliphatic carbocycles. The third-order valence-electron chi connectivity index (χ3n) is 5.43. The number of hydrogen-bond donors (Lipinski definition) is 1. The molecule has 1 fully saturated rings. The molecule has 152 valence electrons. The van der Waals surface area contributed by atoms with E-state index in [4.69, 9.17) is 4.74 Å². The van der Waals surface area contributed by atoms with Crippen molar-refractivity contribution < 1.29 is 9.53 Å². The van der Waals surface area contributed by atoms with E-state index in [1.54, 1.807) is 10.9 Å². The van der Waals surface area contributed by atoms with E-state index in [1.807, 2.05) is 6.92 Å². The highest BCUT2D eigenvalue weighted by Gasteiger charge is 2.19. The van der Waals surface area contributed by atoms with Crippen LogP contribution in [0.3, 0.4) is 0 Å². The first kappa shape index (κ1) is 19.3. The van der Waals surface area contributed by atoms with Gasteiger partial charge in [-0.3, -0.25) is 4.79 Å². The second-order valence-electron chi connectivity index (χ2n) is 7.47. The molecule has 4 rings (SSSR count). The fraction of sp³-hybridized carbons (Fsp3) is 0.429. The topological polar surface area (TPSA) is 85.2 Å². The van der Waals surface area contributed by atoms with Gasteiger partial charge in [-0.2, -0.15) is 5.10 Å². The van der Waals surface area contributed by atoms with Gasteiger partial charge in [0.15, 0.2) is 5.65 Å². The zero-order valence-corrected chi connectivity index (χ0v) is 17.1. The zero-order chi connectivity index (χ0) is 20.4. The fourth-order valence-corrected chi connectivity index (χ4v) is 3.56. The van der Waals surface area contributed by atoms with Crippen molar-refractivity contribution in [3.05, 3.63) is 47.4 Å². The maximum Gasteiger partial charge on any atom is 0.242 e. The molecular formula is C21H26N6O2. The first-order chi connectivity index (χ1) is 14.0. The molecule has 1 unspecified atom stereocenters. The van der Waals surface area contributed by atoms with E-state index in [0.29, 0.717) is 18.9 Å². The zero-order valence-electron chi connectivity index (χ0n) is 17.1. The molecule has 1 atom stereocenters. The van der Waals surface area contributed by atoms with Gasteiger partial charge in [-0.15, -0.1) is 0 Å². The molecule has 8 nitrogen and oxygen atoms in total. The van der Waals surface area contributed by atoms with Crippen LogP contribution in [0.1, 0.15) is 29.7 Å². The molecule has 3 heterocycles. The van der Waals surface area contributed by atoms with Crippen LogP contribution in [0, 0.1) is 13.8 Å². The standard InChI is InChI=1S/C21H26N6O2/c1-14-4-5-17(10-15(14)2)16(3)25-19(28)12-27-21-18(11-24-27)20(22-13-23-21)26-6-8-29-9-7-26/h4-5,10-11,13,16H,6-9,12H2,1-3H3,(H,25,28). The van der Waals surface area contributed by atoms with E-state index in [0.717, 1.165) is 29.9 Å². The van der Waals surface area contributed by atoms with Gasteiger partial charge in [0.2, 0.25) is 5.91 Å². The Morgan fingerprint density at radius 2 is 2.00 bits per heavy atom. The molecule has 3 aromatic rings. The SMILES string of the molecule is Cc1ccc(C(C)NC(=O)Cn2ncc3c(N4CCOCC4)ncnc32)cc1C. The summed E-state index contributed by atoms with van der Waals surface area (Å²) in [5, 5.41) is 8.30. The van der Waals surface area contributed by atoms with E-state index in [9.17, 15) is 4.79 Å². The average Bonchev–Trinajstić information content (AvgIpc) is 3.13. The van der Waals surface area contributed by atoms with Crippen LogP contribution in [-0.2, 0) is 16.1 Å². The van der Waals surface area contributed by atoms with Gasteiger partial charge in [-0.05, 0) is 37.5 Å². The summed E-state index contributed by atoms with van der Waals surface area (Å²) in [5.74, 6) is 0.737. The summed E-state index contributed by atoms with van der Waals surface area (Å²) >= 11 is 0. The van der Waals surface area contributed by atoms with Gasteiger partial charge >= 0.3 is 0 Å². The Balaban J connectivity index is 1.48. The van der Waals surface area contributed by atoms with Crippen molar-refractivity contribution in [1.29, 1.82) is 0 Å². The van der Waals surface area contributed by atoms with Crippen molar-refractivity contribution >= 4 is 22.8 Å². The van der Waals surface area contributed by atoms with Gasteiger partial charge in [-0.1, -0.05) is 18.2 Å². The van der Waals surface area contributed by atoms with Crippen LogP contribution in [0.5, 0.6) is 0 Å². The summed E-state index contributed by atoms with van der Waals surface area (Å²) in [6, 6.07) is 6.17. The number of carbonyl (C=O) groups is 1. The molecule has 1 aliphatic rings. The van der Waals surface area contributed by atoms with Gasteiger partial charge < -0.3 is 15.0 Å². The maximum absolute atomic E-state index is 12.6. The number of fused-ring (bicyclic) bond motifs is 1. The Kier molecular flexibility index (Phi) is 5.44. The highest BCUT2D eigenvalue weighted by atomic mass is 16.5. The Labute approximate surface area is 169 Å². The number of aromatic nitrogens is 4. The second-order valence-corrected chi connectivity index (χ2v) is 7.47. The molecule has 1 amide bonds. The smallest absolute Gasteiger partial charge is 0.242 e. The highest BCUT2D eigenvalue weighted by molar-refractivity contribution is 5.88. The first-order valence-electron chi connectivity index (χ1n) is 9.88. The number of morpholine rings is 1. The van der Waals surface area contributed by atoms with Crippen molar-refractivity contribution in [2.45, 2.75) is 33.4 Å². The van der Waals surface area contributed by atoms with E-state index in [1.165, 1.54) is 17.5 Å². The predicted molar refractivity (Wildman–Crippen MR) is 111 cm³/mol. The molecule has 1 N–H and O–H groups in total. The molecule has 0 spiro atoms. The number of amides is 1. The van der Waals surface area contributed by atoms with Crippen molar-refractivity contribution in [2.24, 2.45) is 0 Å². The van der Waals surface area contributed by atoms with E-state index in [-0.39, 0.29) is 18.5 Å². The summed E-state index contributed by atoms with van der Waals surface area (Å²) in [6.07, 6.45) is 3.26. The third kappa shape index (κ3) is 4.07. The summed E-state index contributed by atoms with van der Waals surface area (Å²) in [4.78, 5) is 23.6. The number of nitrogens with one attached hydrogen (secondary N) is 1. The van der Waals surface area contributed by atoms with E-state index in [2.05, 4.69) is 57.3 Å². The molecule has 29 heavy (non-hydrogen) atoms. The van der Waals surface area contributed by atoms with Crippen LogP contribution >= 0.6 is 0 Å². The molecule has 0 saturated carbocycles. The minimum Gasteiger partial charge on any atom is -0.378 e. The average molecular weight is 394 g/mol. The van der Waals surface area contributed by atoms with Gasteiger partial charge in [-0.25, -0.2) is 14.6 Å². The van der Waals surface area contributed by atoms with Crippen LogP contribution in [0.4, 0.5) is 5.82 Å². The van der Waals surface area contributed by atoms with Crippen LogP contribution in [0.25, 0.3) is 11.0 Å². The molecule has 1 saturated heterocycles. The lowest BCUT2D eigenvalue weighted by molar-refractivity contribution is -0.122. The normalized spacial score (nSPS) is 15.5. The molecule has 8 heteroatoms. The fourth-order valence-electron chi connectivity index (χ4n) is 3.56. The molecule has 1 aliphatic heterocycles. The van der Waals surface area contributed by atoms with Crippen molar-refractivity contribution in [2.75, 3.05) is 31.2 Å². The van der Waals surface area contributed by atoms with Gasteiger partial charge in [0.05, 0.1) is 30.8 Å². The van der Waals surface area contributed by atoms with Gasteiger partial charge in [0, 0.05) is 13.1 Å². The minimum atomic E-state index is -0.104. The number of rotatable bonds is 5. The number of nitrogens with zero attached hydrogens (tertiary/aromatic N) is 5. The summed E-state index contributed by atoms with van der Waals surface area (Å²) in [6.45, 7) is 9.18. The van der Waals surface area contributed by atoms with E-state index < -0.39 is 0 Å².